The predicted molar refractivity (Wildman–Crippen MR) is 57.1 cm³/mol. The zero-order chi connectivity index (χ0) is 13.0. The van der Waals surface area contributed by atoms with E-state index in [2.05, 4.69) is 5.32 Å². The van der Waals surface area contributed by atoms with Crippen LogP contribution in [0.2, 0.25) is 0 Å². The number of carboxylic acid groups (broad SMARTS) is 1. The van der Waals surface area contributed by atoms with Gasteiger partial charge in [0.1, 0.15) is 5.82 Å². The van der Waals surface area contributed by atoms with Gasteiger partial charge in [-0.05, 0) is 24.6 Å². The zero-order valence-corrected chi connectivity index (χ0v) is 9.11. The number of carbonyl (C=O) groups excluding carboxylic acids is 1. The molecule has 0 saturated heterocycles. The summed E-state index contributed by atoms with van der Waals surface area (Å²) in [6, 6.07) is 2.23. The first kappa shape index (κ1) is 13.1. The van der Waals surface area contributed by atoms with Gasteiger partial charge in [0.2, 0.25) is 0 Å². The Morgan fingerprint density at radius 3 is 2.65 bits per heavy atom. The van der Waals surface area contributed by atoms with E-state index in [1.165, 1.54) is 12.1 Å². The standard InChI is InChI=1S/C11H12FNO4/c1-6-2-3-7(12)4-8(6)10(15)13-9(5-14)11(16)17/h2-4,9,14H,5H2,1H3,(H,13,15)(H,16,17)/t9-/m1/s1. The number of amides is 1. The molecule has 3 N–H and O–H groups in total. The molecule has 0 spiro atoms. The van der Waals surface area contributed by atoms with E-state index in [4.69, 9.17) is 10.2 Å². The van der Waals surface area contributed by atoms with Gasteiger partial charge >= 0.3 is 5.97 Å². The third-order valence-corrected chi connectivity index (χ3v) is 2.23. The van der Waals surface area contributed by atoms with Crippen molar-refractivity contribution in [3.8, 4) is 0 Å². The van der Waals surface area contributed by atoms with E-state index in [9.17, 15) is 14.0 Å². The van der Waals surface area contributed by atoms with Gasteiger partial charge in [-0.15, -0.1) is 0 Å². The van der Waals surface area contributed by atoms with Crippen LogP contribution >= 0.6 is 0 Å². The van der Waals surface area contributed by atoms with E-state index in [-0.39, 0.29) is 5.56 Å². The van der Waals surface area contributed by atoms with Crippen LogP contribution < -0.4 is 5.32 Å². The molecule has 0 saturated carbocycles. The number of nitrogens with one attached hydrogen (secondary N) is 1. The van der Waals surface area contributed by atoms with Gasteiger partial charge in [0, 0.05) is 5.56 Å². The van der Waals surface area contributed by atoms with Crippen LogP contribution in [0.5, 0.6) is 0 Å². The number of aliphatic hydroxyl groups excluding tert-OH is 1. The van der Waals surface area contributed by atoms with Crippen LogP contribution in [0.3, 0.4) is 0 Å². The molecule has 0 aliphatic carbocycles. The summed E-state index contributed by atoms with van der Waals surface area (Å²) in [6.45, 7) is 0.874. The minimum absolute atomic E-state index is 0.0460. The summed E-state index contributed by atoms with van der Waals surface area (Å²) >= 11 is 0. The van der Waals surface area contributed by atoms with Gasteiger partial charge in [0.15, 0.2) is 6.04 Å². The van der Waals surface area contributed by atoms with Gasteiger partial charge < -0.3 is 15.5 Å². The highest BCUT2D eigenvalue weighted by molar-refractivity contribution is 5.97. The van der Waals surface area contributed by atoms with Crippen LogP contribution in [0.1, 0.15) is 15.9 Å². The first-order chi connectivity index (χ1) is 7.95. The van der Waals surface area contributed by atoms with Crippen LogP contribution in [0.4, 0.5) is 4.39 Å². The van der Waals surface area contributed by atoms with Crippen LogP contribution in [-0.4, -0.2) is 34.7 Å². The van der Waals surface area contributed by atoms with E-state index in [1.54, 1.807) is 6.92 Å². The maximum atomic E-state index is 12.9. The minimum atomic E-state index is -1.40. The van der Waals surface area contributed by atoms with Crippen molar-refractivity contribution < 1.29 is 24.2 Å². The summed E-state index contributed by atoms with van der Waals surface area (Å²) < 4.78 is 12.9. The second kappa shape index (κ2) is 5.40. The quantitative estimate of drug-likeness (QED) is 0.708. The lowest BCUT2D eigenvalue weighted by molar-refractivity contribution is -0.140. The third kappa shape index (κ3) is 3.25. The largest absolute Gasteiger partial charge is 0.480 e. The minimum Gasteiger partial charge on any atom is -0.480 e. The summed E-state index contributed by atoms with van der Waals surface area (Å²) in [5.41, 5.74) is 0.565. The van der Waals surface area contributed by atoms with Crippen molar-refractivity contribution in [1.82, 2.24) is 5.32 Å². The highest BCUT2D eigenvalue weighted by Gasteiger charge is 2.20. The smallest absolute Gasteiger partial charge is 0.328 e. The number of carboxylic acids is 1. The van der Waals surface area contributed by atoms with E-state index >= 15 is 0 Å². The molecule has 6 heteroatoms. The molecule has 1 atom stereocenters. The predicted octanol–water partition coefficient (Wildman–Crippen LogP) is 0.309. The second-order valence-electron chi connectivity index (χ2n) is 3.51. The summed E-state index contributed by atoms with van der Waals surface area (Å²) in [5.74, 6) is -2.67. The average molecular weight is 241 g/mol. The molecule has 1 amide bonds. The summed E-state index contributed by atoms with van der Waals surface area (Å²) in [5, 5.41) is 19.5. The first-order valence-electron chi connectivity index (χ1n) is 4.86. The van der Waals surface area contributed by atoms with Crippen molar-refractivity contribution in [3.63, 3.8) is 0 Å². The summed E-state index contributed by atoms with van der Waals surface area (Å²) in [6.07, 6.45) is 0. The lowest BCUT2D eigenvalue weighted by atomic mass is 10.1. The Labute approximate surface area is 96.9 Å². The maximum absolute atomic E-state index is 12.9. The zero-order valence-electron chi connectivity index (χ0n) is 9.11. The summed E-state index contributed by atoms with van der Waals surface area (Å²) in [7, 11) is 0. The number of halogens is 1. The van der Waals surface area contributed by atoms with Crippen LogP contribution in [0.25, 0.3) is 0 Å². The maximum Gasteiger partial charge on any atom is 0.328 e. The number of aliphatic carboxylic acids is 1. The fourth-order valence-electron chi connectivity index (χ4n) is 1.26. The van der Waals surface area contributed by atoms with Crippen molar-refractivity contribution in [2.24, 2.45) is 0 Å². The number of hydrogen-bond acceptors (Lipinski definition) is 3. The molecule has 0 bridgehead atoms. The van der Waals surface area contributed by atoms with Crippen LogP contribution in [0, 0.1) is 12.7 Å². The van der Waals surface area contributed by atoms with Gasteiger partial charge in [-0.1, -0.05) is 6.07 Å². The molecule has 0 fully saturated rings. The molecule has 1 rings (SSSR count). The van der Waals surface area contributed by atoms with Crippen molar-refractivity contribution in [2.75, 3.05) is 6.61 Å². The molecule has 0 aromatic heterocycles. The molecular weight excluding hydrogens is 229 g/mol. The Morgan fingerprint density at radius 2 is 2.12 bits per heavy atom. The van der Waals surface area contributed by atoms with Gasteiger partial charge in [-0.2, -0.15) is 0 Å². The molecule has 0 aliphatic heterocycles. The monoisotopic (exact) mass is 241 g/mol. The molecule has 0 heterocycles. The SMILES string of the molecule is Cc1ccc(F)cc1C(=O)N[C@H](CO)C(=O)O. The molecule has 0 radical (unpaired) electrons. The van der Waals surface area contributed by atoms with Gasteiger partial charge in [-0.3, -0.25) is 4.79 Å². The number of aliphatic hydroxyl groups is 1. The number of carbonyl (C=O) groups is 2. The fraction of sp³-hybridized carbons (Fsp3) is 0.273. The fourth-order valence-corrected chi connectivity index (χ4v) is 1.26. The van der Waals surface area contributed by atoms with Crippen LogP contribution in [0.15, 0.2) is 18.2 Å². The van der Waals surface area contributed by atoms with E-state index in [0.717, 1.165) is 6.07 Å². The normalized spacial score (nSPS) is 11.9. The molecule has 5 nitrogen and oxygen atoms in total. The average Bonchev–Trinajstić information content (AvgIpc) is 2.28. The topological polar surface area (TPSA) is 86.6 Å². The molecule has 0 aliphatic rings. The number of benzene rings is 1. The third-order valence-electron chi connectivity index (χ3n) is 2.23. The van der Waals surface area contributed by atoms with E-state index in [0.29, 0.717) is 5.56 Å². The van der Waals surface area contributed by atoms with Crippen molar-refractivity contribution in [1.29, 1.82) is 0 Å². The van der Waals surface area contributed by atoms with Crippen LogP contribution in [-0.2, 0) is 4.79 Å². The molecule has 92 valence electrons. The Morgan fingerprint density at radius 1 is 1.47 bits per heavy atom. The van der Waals surface area contributed by atoms with E-state index in [1.807, 2.05) is 0 Å². The lowest BCUT2D eigenvalue weighted by Gasteiger charge is -2.12. The first-order valence-corrected chi connectivity index (χ1v) is 4.86. The van der Waals surface area contributed by atoms with Crippen molar-refractivity contribution in [2.45, 2.75) is 13.0 Å². The number of aryl methyl sites for hydroxylation is 1. The lowest BCUT2D eigenvalue weighted by Crippen LogP contribution is -2.43. The second-order valence-corrected chi connectivity index (χ2v) is 3.51. The van der Waals surface area contributed by atoms with Crippen molar-refractivity contribution >= 4 is 11.9 Å². The molecule has 0 unspecified atom stereocenters. The van der Waals surface area contributed by atoms with E-state index < -0.39 is 30.3 Å². The molecule has 1 aromatic rings. The Kier molecular flexibility index (Phi) is 4.17. The Hall–Kier alpha value is -1.95. The molecular formula is C11H12FNO4. The van der Waals surface area contributed by atoms with Gasteiger partial charge in [0.05, 0.1) is 6.61 Å². The Bertz CT molecular complexity index is 447. The Balaban J connectivity index is 2.89. The number of rotatable bonds is 4. The molecule has 1 aromatic carbocycles. The summed E-state index contributed by atoms with van der Waals surface area (Å²) in [4.78, 5) is 22.2. The molecule has 17 heavy (non-hydrogen) atoms. The van der Waals surface area contributed by atoms with Gasteiger partial charge in [0.25, 0.3) is 5.91 Å². The number of hydrogen-bond donors (Lipinski definition) is 3. The van der Waals surface area contributed by atoms with Gasteiger partial charge in [-0.25, -0.2) is 9.18 Å². The highest BCUT2D eigenvalue weighted by Crippen LogP contribution is 2.10. The van der Waals surface area contributed by atoms with Crippen molar-refractivity contribution in [3.05, 3.63) is 35.1 Å². The highest BCUT2D eigenvalue weighted by atomic mass is 19.1.